The van der Waals surface area contributed by atoms with Crippen LogP contribution in [-0.4, -0.2) is 30.6 Å². The van der Waals surface area contributed by atoms with E-state index in [1.54, 1.807) is 0 Å². The van der Waals surface area contributed by atoms with Crippen LogP contribution in [0.25, 0.3) is 0 Å². The molecule has 0 aromatic heterocycles. The number of alkyl halides is 2. The average Bonchev–Trinajstić information content (AvgIpc) is 3.05. The first-order valence-electron chi connectivity index (χ1n) is 8.28. The number of ether oxygens (including phenoxy) is 1. The summed E-state index contributed by atoms with van der Waals surface area (Å²) < 4.78 is 49.7. The molecule has 1 aliphatic rings. The highest BCUT2D eigenvalue weighted by Crippen LogP contribution is 2.26. The van der Waals surface area contributed by atoms with Gasteiger partial charge < -0.3 is 19.7 Å². The van der Waals surface area contributed by atoms with Crippen LogP contribution in [0.3, 0.4) is 0 Å². The summed E-state index contributed by atoms with van der Waals surface area (Å²) in [4.78, 5) is 24.0. The molecular weight excluding hydrogens is 378 g/mol. The number of rotatable bonds is 6. The van der Waals surface area contributed by atoms with Gasteiger partial charge in [0.15, 0.2) is 0 Å². The number of benzene rings is 2. The summed E-state index contributed by atoms with van der Waals surface area (Å²) in [7, 11) is -1.53. The fraction of sp³-hybridized carbons (Fsp3) is 0.222. The van der Waals surface area contributed by atoms with Gasteiger partial charge in [0.25, 0.3) is 12.3 Å². The second kappa shape index (κ2) is 8.45. The second-order valence-electron chi connectivity index (χ2n) is 6.03. The molecule has 0 fully saturated rings. The van der Waals surface area contributed by atoms with Crippen LogP contribution < -0.4 is 10.8 Å². The van der Waals surface area contributed by atoms with E-state index in [1.165, 1.54) is 36.4 Å². The van der Waals surface area contributed by atoms with Gasteiger partial charge in [0.1, 0.15) is 19.0 Å². The van der Waals surface area contributed by atoms with E-state index in [2.05, 4.69) is 5.32 Å². The fourth-order valence-electron chi connectivity index (χ4n) is 2.83. The van der Waals surface area contributed by atoms with E-state index in [4.69, 9.17) is 9.39 Å². The molecule has 0 aliphatic carbocycles. The molecule has 0 unspecified atom stereocenters. The number of carbonyl (C=O) groups is 2. The standard InChI is InChI=1S/C18H15BF3NO5/c20-12-4-1-10(2-5-12)8-27-14(24)7-23-18(25)13-6-3-11-9-28-19(26)16(11)15(13)17(21)22/h1-6,17,26H,7-9H2,(H,23,25). The van der Waals surface area contributed by atoms with Gasteiger partial charge in [-0.2, -0.15) is 0 Å². The van der Waals surface area contributed by atoms with Crippen LogP contribution in [-0.2, 0) is 27.4 Å². The maximum atomic E-state index is 13.5. The molecule has 1 heterocycles. The molecule has 0 atom stereocenters. The average molecular weight is 393 g/mol. The maximum Gasteiger partial charge on any atom is 0.492 e. The molecule has 28 heavy (non-hydrogen) atoms. The Morgan fingerprint density at radius 1 is 1.21 bits per heavy atom. The minimum absolute atomic E-state index is 0.0339. The van der Waals surface area contributed by atoms with Gasteiger partial charge in [-0.15, -0.1) is 0 Å². The predicted molar refractivity (Wildman–Crippen MR) is 92.3 cm³/mol. The van der Waals surface area contributed by atoms with Crippen LogP contribution in [0.4, 0.5) is 13.2 Å². The van der Waals surface area contributed by atoms with E-state index < -0.39 is 43.3 Å². The summed E-state index contributed by atoms with van der Waals surface area (Å²) in [5.41, 5.74) is -0.183. The van der Waals surface area contributed by atoms with Gasteiger partial charge in [-0.3, -0.25) is 9.59 Å². The summed E-state index contributed by atoms with van der Waals surface area (Å²) in [5, 5.41) is 12.0. The number of carbonyl (C=O) groups excluding carboxylic acids is 2. The number of nitrogens with one attached hydrogen (secondary N) is 1. The molecule has 0 saturated carbocycles. The van der Waals surface area contributed by atoms with Crippen LogP contribution in [0, 0.1) is 5.82 Å². The topological polar surface area (TPSA) is 84.9 Å². The Labute approximate surface area is 158 Å². The second-order valence-corrected chi connectivity index (χ2v) is 6.03. The lowest BCUT2D eigenvalue weighted by atomic mass is 9.74. The molecule has 0 saturated heterocycles. The lowest BCUT2D eigenvalue weighted by Gasteiger charge is -2.14. The van der Waals surface area contributed by atoms with Crippen molar-refractivity contribution in [1.29, 1.82) is 0 Å². The van der Waals surface area contributed by atoms with Crippen molar-refractivity contribution in [1.82, 2.24) is 5.32 Å². The minimum Gasteiger partial charge on any atom is -0.460 e. The molecule has 6 nitrogen and oxygen atoms in total. The molecule has 146 valence electrons. The van der Waals surface area contributed by atoms with Crippen molar-refractivity contribution in [2.75, 3.05) is 6.54 Å². The monoisotopic (exact) mass is 393 g/mol. The van der Waals surface area contributed by atoms with Gasteiger partial charge >= 0.3 is 13.1 Å². The van der Waals surface area contributed by atoms with Crippen molar-refractivity contribution in [3.63, 3.8) is 0 Å². The molecular formula is C18H15BF3NO5. The molecule has 2 aromatic carbocycles. The zero-order valence-corrected chi connectivity index (χ0v) is 14.5. The summed E-state index contributed by atoms with van der Waals surface area (Å²) in [6.07, 6.45) is -3.02. The molecule has 0 spiro atoms. The molecule has 1 aliphatic heterocycles. The Balaban J connectivity index is 1.62. The quantitative estimate of drug-likeness (QED) is 0.574. The van der Waals surface area contributed by atoms with Gasteiger partial charge in [-0.05, 0) is 34.8 Å². The van der Waals surface area contributed by atoms with Crippen molar-refractivity contribution in [2.24, 2.45) is 0 Å². The lowest BCUT2D eigenvalue weighted by Crippen LogP contribution is -2.36. The van der Waals surface area contributed by atoms with Crippen LogP contribution in [0.1, 0.15) is 33.5 Å². The molecule has 2 N–H and O–H groups in total. The van der Waals surface area contributed by atoms with Crippen molar-refractivity contribution >= 4 is 24.5 Å². The SMILES string of the molecule is O=C(CNC(=O)c1ccc2c(c1C(F)F)B(O)OC2)OCc1ccc(F)cc1. The smallest absolute Gasteiger partial charge is 0.460 e. The third kappa shape index (κ3) is 4.34. The zero-order chi connectivity index (χ0) is 20.3. The molecule has 0 radical (unpaired) electrons. The predicted octanol–water partition coefficient (Wildman–Crippen LogP) is 1.45. The number of amides is 1. The van der Waals surface area contributed by atoms with E-state index in [9.17, 15) is 27.8 Å². The largest absolute Gasteiger partial charge is 0.492 e. The van der Waals surface area contributed by atoms with Gasteiger partial charge in [-0.25, -0.2) is 13.2 Å². The highest BCUT2D eigenvalue weighted by Gasteiger charge is 2.35. The first-order valence-corrected chi connectivity index (χ1v) is 8.28. The first-order chi connectivity index (χ1) is 13.4. The van der Waals surface area contributed by atoms with Crippen molar-refractivity contribution in [2.45, 2.75) is 19.6 Å². The molecule has 3 rings (SSSR count). The van der Waals surface area contributed by atoms with E-state index in [0.29, 0.717) is 11.1 Å². The summed E-state index contributed by atoms with van der Waals surface area (Å²) in [6.45, 7) is -0.702. The van der Waals surface area contributed by atoms with Crippen molar-refractivity contribution in [3.05, 3.63) is 64.5 Å². The number of hydrogen-bond donors (Lipinski definition) is 2. The molecule has 10 heteroatoms. The number of hydrogen-bond acceptors (Lipinski definition) is 5. The maximum absolute atomic E-state index is 13.5. The first kappa shape index (κ1) is 19.9. The number of halogens is 3. The third-order valence-electron chi connectivity index (χ3n) is 4.19. The minimum atomic E-state index is -3.02. The molecule has 2 aromatic rings. The van der Waals surface area contributed by atoms with E-state index in [0.717, 1.165) is 0 Å². The Hall–Kier alpha value is -2.85. The number of esters is 1. The summed E-state index contributed by atoms with van der Waals surface area (Å²) in [6, 6.07) is 7.91. The van der Waals surface area contributed by atoms with Crippen LogP contribution in [0.5, 0.6) is 0 Å². The van der Waals surface area contributed by atoms with Crippen LogP contribution >= 0.6 is 0 Å². The fourth-order valence-corrected chi connectivity index (χ4v) is 2.83. The summed E-state index contributed by atoms with van der Waals surface area (Å²) in [5.74, 6) is -2.13. The molecule has 0 bridgehead atoms. The third-order valence-corrected chi connectivity index (χ3v) is 4.19. The van der Waals surface area contributed by atoms with Gasteiger partial charge in [0.2, 0.25) is 0 Å². The highest BCUT2D eigenvalue weighted by atomic mass is 19.3. The molecule has 1 amide bonds. The van der Waals surface area contributed by atoms with Crippen LogP contribution in [0.15, 0.2) is 36.4 Å². The van der Waals surface area contributed by atoms with Crippen molar-refractivity contribution in [3.8, 4) is 0 Å². The van der Waals surface area contributed by atoms with E-state index in [1.807, 2.05) is 0 Å². The Bertz CT molecular complexity index is 892. The van der Waals surface area contributed by atoms with Gasteiger partial charge in [0.05, 0.1) is 6.61 Å². The van der Waals surface area contributed by atoms with Gasteiger partial charge in [-0.1, -0.05) is 18.2 Å². The zero-order valence-electron chi connectivity index (χ0n) is 14.5. The van der Waals surface area contributed by atoms with Crippen molar-refractivity contribution < 1.29 is 37.2 Å². The van der Waals surface area contributed by atoms with E-state index in [-0.39, 0.29) is 24.2 Å². The lowest BCUT2D eigenvalue weighted by molar-refractivity contribution is -0.143. The normalized spacial score (nSPS) is 12.8. The Kier molecular flexibility index (Phi) is 6.00. The van der Waals surface area contributed by atoms with Crippen LogP contribution in [0.2, 0.25) is 0 Å². The number of fused-ring (bicyclic) bond motifs is 1. The Morgan fingerprint density at radius 3 is 2.61 bits per heavy atom. The Morgan fingerprint density at radius 2 is 1.93 bits per heavy atom. The van der Waals surface area contributed by atoms with E-state index >= 15 is 0 Å². The summed E-state index contributed by atoms with van der Waals surface area (Å²) >= 11 is 0. The highest BCUT2D eigenvalue weighted by molar-refractivity contribution is 6.62. The van der Waals surface area contributed by atoms with Gasteiger partial charge in [0, 0.05) is 11.1 Å².